The molecular formula is C10H14N2O3. The number of rotatable bonds is 3. The van der Waals surface area contributed by atoms with Crippen molar-refractivity contribution in [2.45, 2.75) is 18.9 Å². The molecule has 15 heavy (non-hydrogen) atoms. The smallest absolute Gasteiger partial charge is 0.328 e. The van der Waals surface area contributed by atoms with Gasteiger partial charge >= 0.3 is 5.97 Å². The van der Waals surface area contributed by atoms with E-state index < -0.39 is 12.0 Å². The number of carboxylic acids is 1. The molecule has 0 amide bonds. The average molecular weight is 210 g/mol. The number of furan rings is 1. The third kappa shape index (κ3) is 1.97. The molecule has 1 fully saturated rings. The highest BCUT2D eigenvalue weighted by Crippen LogP contribution is 2.25. The second-order valence-electron chi connectivity index (χ2n) is 3.69. The van der Waals surface area contributed by atoms with Crippen LogP contribution < -0.4 is 10.6 Å². The van der Waals surface area contributed by atoms with Crippen molar-refractivity contribution in [2.24, 2.45) is 5.73 Å². The van der Waals surface area contributed by atoms with Crippen molar-refractivity contribution < 1.29 is 14.3 Å². The fourth-order valence-electron chi connectivity index (χ4n) is 1.74. The largest absolute Gasteiger partial charge is 0.480 e. The first-order valence-electron chi connectivity index (χ1n) is 5.01. The molecule has 0 saturated carbocycles. The summed E-state index contributed by atoms with van der Waals surface area (Å²) in [5.41, 5.74) is 5.44. The molecule has 1 aliphatic rings. The molecule has 2 rings (SSSR count). The van der Waals surface area contributed by atoms with Crippen LogP contribution in [0.15, 0.2) is 16.5 Å². The van der Waals surface area contributed by atoms with Crippen LogP contribution in [0.3, 0.4) is 0 Å². The molecule has 1 aliphatic heterocycles. The monoisotopic (exact) mass is 210 g/mol. The quantitative estimate of drug-likeness (QED) is 0.776. The summed E-state index contributed by atoms with van der Waals surface area (Å²) in [7, 11) is 0. The van der Waals surface area contributed by atoms with Gasteiger partial charge in [-0.3, -0.25) is 4.79 Å². The van der Waals surface area contributed by atoms with Crippen LogP contribution in [0, 0.1) is 0 Å². The van der Waals surface area contributed by atoms with Crippen LogP contribution in [0.4, 0.5) is 5.88 Å². The molecule has 1 unspecified atom stereocenters. The molecule has 1 atom stereocenters. The van der Waals surface area contributed by atoms with Crippen LogP contribution in [0.5, 0.6) is 0 Å². The normalized spacial score (nSPS) is 18.1. The number of nitrogens with zero attached hydrogens (tertiary/aromatic N) is 1. The number of carbonyl (C=O) groups is 1. The van der Waals surface area contributed by atoms with Gasteiger partial charge in [-0.2, -0.15) is 0 Å². The molecule has 2 heterocycles. The fourth-order valence-corrected chi connectivity index (χ4v) is 1.74. The summed E-state index contributed by atoms with van der Waals surface area (Å²) >= 11 is 0. The van der Waals surface area contributed by atoms with Crippen molar-refractivity contribution in [3.63, 3.8) is 0 Å². The van der Waals surface area contributed by atoms with Crippen LogP contribution in [0.1, 0.15) is 24.6 Å². The minimum atomic E-state index is -1.07. The molecule has 0 radical (unpaired) electrons. The SMILES string of the molecule is NC(C(=O)O)c1ccc(N2CCCC2)o1. The minimum Gasteiger partial charge on any atom is -0.480 e. The molecule has 0 aromatic carbocycles. The lowest BCUT2D eigenvalue weighted by atomic mass is 10.2. The third-order valence-electron chi connectivity index (χ3n) is 2.60. The van der Waals surface area contributed by atoms with Crippen LogP contribution in [0.2, 0.25) is 0 Å². The summed E-state index contributed by atoms with van der Waals surface area (Å²) in [5, 5.41) is 8.71. The van der Waals surface area contributed by atoms with Gasteiger partial charge in [-0.25, -0.2) is 0 Å². The van der Waals surface area contributed by atoms with Gasteiger partial charge in [-0.1, -0.05) is 0 Å². The number of carboxylic acid groups (broad SMARTS) is 1. The average Bonchev–Trinajstić information content (AvgIpc) is 2.86. The maximum absolute atomic E-state index is 10.6. The van der Waals surface area contributed by atoms with E-state index in [1.165, 1.54) is 0 Å². The zero-order chi connectivity index (χ0) is 10.8. The van der Waals surface area contributed by atoms with Gasteiger partial charge in [0.25, 0.3) is 0 Å². The first-order valence-corrected chi connectivity index (χ1v) is 5.01. The Kier molecular flexibility index (Phi) is 2.64. The molecule has 3 N–H and O–H groups in total. The van der Waals surface area contributed by atoms with Gasteiger partial charge in [0.15, 0.2) is 11.9 Å². The first kappa shape index (κ1) is 10.0. The fraction of sp³-hybridized carbons (Fsp3) is 0.500. The lowest BCUT2D eigenvalue weighted by molar-refractivity contribution is -0.139. The standard InChI is InChI=1S/C10H14N2O3/c11-9(10(13)14)7-3-4-8(15-7)12-5-1-2-6-12/h3-4,9H,1-2,5-6,11H2,(H,13,14). The Morgan fingerprint density at radius 3 is 2.73 bits per heavy atom. The van der Waals surface area contributed by atoms with E-state index in [9.17, 15) is 4.79 Å². The molecule has 5 nitrogen and oxygen atoms in total. The lowest BCUT2D eigenvalue weighted by Gasteiger charge is -2.13. The number of aliphatic carboxylic acids is 1. The Bertz CT molecular complexity index is 355. The Labute approximate surface area is 87.5 Å². The van der Waals surface area contributed by atoms with E-state index in [4.69, 9.17) is 15.3 Å². The van der Waals surface area contributed by atoms with E-state index in [2.05, 4.69) is 4.90 Å². The maximum Gasteiger partial charge on any atom is 0.328 e. The van der Waals surface area contributed by atoms with Crippen LogP contribution >= 0.6 is 0 Å². The molecule has 0 spiro atoms. The van der Waals surface area contributed by atoms with E-state index in [0.717, 1.165) is 31.8 Å². The summed E-state index contributed by atoms with van der Waals surface area (Å²) in [4.78, 5) is 12.7. The van der Waals surface area contributed by atoms with Gasteiger partial charge in [-0.05, 0) is 18.9 Å². The van der Waals surface area contributed by atoms with Crippen LogP contribution in [-0.2, 0) is 4.79 Å². The van der Waals surface area contributed by atoms with Crippen molar-refractivity contribution in [3.05, 3.63) is 17.9 Å². The number of hydrogen-bond acceptors (Lipinski definition) is 4. The topological polar surface area (TPSA) is 79.7 Å². The zero-order valence-corrected chi connectivity index (χ0v) is 8.35. The number of hydrogen-bond donors (Lipinski definition) is 2. The second kappa shape index (κ2) is 3.94. The van der Waals surface area contributed by atoms with E-state index in [1.807, 2.05) is 0 Å². The summed E-state index contributed by atoms with van der Waals surface area (Å²) in [6, 6.07) is 2.34. The minimum absolute atomic E-state index is 0.310. The second-order valence-corrected chi connectivity index (χ2v) is 3.69. The predicted octanol–water partition coefficient (Wildman–Crippen LogP) is 0.964. The highest BCUT2D eigenvalue weighted by Gasteiger charge is 2.21. The Morgan fingerprint density at radius 2 is 2.13 bits per heavy atom. The molecular weight excluding hydrogens is 196 g/mol. The Balaban J connectivity index is 2.12. The van der Waals surface area contributed by atoms with Crippen molar-refractivity contribution in [2.75, 3.05) is 18.0 Å². The van der Waals surface area contributed by atoms with Crippen molar-refractivity contribution >= 4 is 11.9 Å². The van der Waals surface area contributed by atoms with E-state index in [-0.39, 0.29) is 0 Å². The maximum atomic E-state index is 10.6. The molecule has 82 valence electrons. The molecule has 5 heteroatoms. The lowest BCUT2D eigenvalue weighted by Crippen LogP contribution is -2.20. The van der Waals surface area contributed by atoms with Gasteiger partial charge in [0.05, 0.1) is 0 Å². The summed E-state index contributed by atoms with van der Waals surface area (Å²) in [5.74, 6) is -0.0408. The van der Waals surface area contributed by atoms with Crippen LogP contribution in [-0.4, -0.2) is 24.2 Å². The van der Waals surface area contributed by atoms with Crippen molar-refractivity contribution in [1.29, 1.82) is 0 Å². The van der Waals surface area contributed by atoms with Gasteiger partial charge in [0.1, 0.15) is 5.76 Å². The Morgan fingerprint density at radius 1 is 1.47 bits per heavy atom. The van der Waals surface area contributed by atoms with E-state index in [1.54, 1.807) is 12.1 Å². The first-order chi connectivity index (χ1) is 7.18. The van der Waals surface area contributed by atoms with Gasteiger partial charge in [-0.15, -0.1) is 0 Å². The summed E-state index contributed by atoms with van der Waals surface area (Å²) in [6.45, 7) is 1.94. The van der Waals surface area contributed by atoms with Gasteiger partial charge in [0.2, 0.25) is 0 Å². The van der Waals surface area contributed by atoms with Crippen LogP contribution in [0.25, 0.3) is 0 Å². The third-order valence-corrected chi connectivity index (χ3v) is 2.60. The number of anilines is 1. The summed E-state index contributed by atoms with van der Waals surface area (Å²) in [6.07, 6.45) is 2.31. The van der Waals surface area contributed by atoms with Crippen molar-refractivity contribution in [3.8, 4) is 0 Å². The zero-order valence-electron chi connectivity index (χ0n) is 8.35. The van der Waals surface area contributed by atoms with E-state index >= 15 is 0 Å². The molecule has 1 aromatic rings. The molecule has 0 aliphatic carbocycles. The predicted molar refractivity (Wildman–Crippen MR) is 54.7 cm³/mol. The number of nitrogens with two attached hydrogens (primary N) is 1. The Hall–Kier alpha value is -1.49. The van der Waals surface area contributed by atoms with Gasteiger partial charge in [0, 0.05) is 19.2 Å². The summed E-state index contributed by atoms with van der Waals surface area (Å²) < 4.78 is 5.41. The highest BCUT2D eigenvalue weighted by atomic mass is 16.4. The van der Waals surface area contributed by atoms with E-state index in [0.29, 0.717) is 5.76 Å². The van der Waals surface area contributed by atoms with Crippen molar-refractivity contribution in [1.82, 2.24) is 0 Å². The molecule has 1 saturated heterocycles. The molecule has 0 bridgehead atoms. The molecule has 1 aromatic heterocycles. The highest BCUT2D eigenvalue weighted by molar-refractivity contribution is 5.74. The van der Waals surface area contributed by atoms with Gasteiger partial charge < -0.3 is 20.2 Å².